The van der Waals surface area contributed by atoms with Crippen molar-refractivity contribution in [3.8, 4) is 0 Å². The standard InChI is InChI=1S/C16H16N2O2S/c19-14(12-4-2-1-3-5-12)8-9-15(20)18-16-17-13(10-21-16)11-6-7-11/h1-5,10-11H,6-9H2,(H,17,18,20). The zero-order chi connectivity index (χ0) is 14.7. The maximum absolute atomic E-state index is 11.9. The Balaban J connectivity index is 1.48. The van der Waals surface area contributed by atoms with Crippen molar-refractivity contribution in [3.05, 3.63) is 47.0 Å². The van der Waals surface area contributed by atoms with Crippen molar-refractivity contribution in [1.29, 1.82) is 0 Å². The van der Waals surface area contributed by atoms with Crippen LogP contribution < -0.4 is 5.32 Å². The van der Waals surface area contributed by atoms with E-state index in [0.29, 0.717) is 16.6 Å². The van der Waals surface area contributed by atoms with Gasteiger partial charge in [-0.2, -0.15) is 0 Å². The predicted molar refractivity (Wildman–Crippen MR) is 82.7 cm³/mol. The Labute approximate surface area is 127 Å². The summed E-state index contributed by atoms with van der Waals surface area (Å²) < 4.78 is 0. The van der Waals surface area contributed by atoms with Gasteiger partial charge in [0, 0.05) is 29.7 Å². The van der Waals surface area contributed by atoms with Crippen molar-refractivity contribution in [2.45, 2.75) is 31.6 Å². The van der Waals surface area contributed by atoms with E-state index in [-0.39, 0.29) is 24.5 Å². The fourth-order valence-electron chi connectivity index (χ4n) is 2.09. The highest BCUT2D eigenvalue weighted by Gasteiger charge is 2.26. The van der Waals surface area contributed by atoms with Crippen LogP contribution in [0.5, 0.6) is 0 Å². The first-order chi connectivity index (χ1) is 10.2. The highest BCUT2D eigenvalue weighted by atomic mass is 32.1. The molecule has 0 spiro atoms. The smallest absolute Gasteiger partial charge is 0.226 e. The van der Waals surface area contributed by atoms with E-state index in [1.807, 2.05) is 23.6 Å². The maximum Gasteiger partial charge on any atom is 0.226 e. The number of hydrogen-bond acceptors (Lipinski definition) is 4. The summed E-state index contributed by atoms with van der Waals surface area (Å²) in [6.07, 6.45) is 2.80. The molecule has 0 aliphatic heterocycles. The maximum atomic E-state index is 11.9. The molecule has 0 bridgehead atoms. The molecular formula is C16H16N2O2S. The number of nitrogens with one attached hydrogen (secondary N) is 1. The second kappa shape index (κ2) is 6.18. The first kappa shape index (κ1) is 13.9. The molecule has 1 heterocycles. The number of benzene rings is 1. The molecule has 1 N–H and O–H groups in total. The zero-order valence-corrected chi connectivity index (χ0v) is 12.4. The second-order valence-corrected chi connectivity index (χ2v) is 6.05. The van der Waals surface area contributed by atoms with Gasteiger partial charge in [-0.05, 0) is 12.8 Å². The van der Waals surface area contributed by atoms with E-state index < -0.39 is 0 Å². The third-order valence-corrected chi connectivity index (χ3v) is 4.21. The second-order valence-electron chi connectivity index (χ2n) is 5.19. The molecule has 1 aromatic heterocycles. The van der Waals surface area contributed by atoms with Crippen LogP contribution in [0, 0.1) is 0 Å². The van der Waals surface area contributed by atoms with E-state index in [2.05, 4.69) is 10.3 Å². The topological polar surface area (TPSA) is 59.1 Å². The summed E-state index contributed by atoms with van der Waals surface area (Å²) in [7, 11) is 0. The molecule has 3 rings (SSSR count). The van der Waals surface area contributed by atoms with E-state index in [0.717, 1.165) is 5.69 Å². The summed E-state index contributed by atoms with van der Waals surface area (Å²) in [6.45, 7) is 0. The minimum absolute atomic E-state index is 0.0106. The number of carbonyl (C=O) groups is 2. The predicted octanol–water partition coefficient (Wildman–Crippen LogP) is 3.62. The number of ketones is 1. The van der Waals surface area contributed by atoms with Crippen LogP contribution in [0.3, 0.4) is 0 Å². The summed E-state index contributed by atoms with van der Waals surface area (Å²) in [6, 6.07) is 9.04. The number of Topliss-reactive ketones (excluding diaryl/α,β-unsaturated/α-hetero) is 1. The van der Waals surface area contributed by atoms with Gasteiger partial charge in [0.25, 0.3) is 0 Å². The minimum Gasteiger partial charge on any atom is -0.302 e. The lowest BCUT2D eigenvalue weighted by Crippen LogP contribution is -2.13. The van der Waals surface area contributed by atoms with Gasteiger partial charge in [0.2, 0.25) is 5.91 Å². The lowest BCUT2D eigenvalue weighted by Gasteiger charge is -2.02. The number of anilines is 1. The molecule has 1 aliphatic rings. The van der Waals surface area contributed by atoms with Gasteiger partial charge < -0.3 is 5.32 Å². The fourth-order valence-corrected chi connectivity index (χ4v) is 2.90. The number of nitrogens with zero attached hydrogens (tertiary/aromatic N) is 1. The highest BCUT2D eigenvalue weighted by Crippen LogP contribution is 2.40. The molecule has 1 fully saturated rings. The van der Waals surface area contributed by atoms with Crippen molar-refractivity contribution in [2.24, 2.45) is 0 Å². The van der Waals surface area contributed by atoms with E-state index in [9.17, 15) is 9.59 Å². The van der Waals surface area contributed by atoms with Crippen molar-refractivity contribution in [3.63, 3.8) is 0 Å². The molecule has 0 unspecified atom stereocenters. The molecule has 5 heteroatoms. The number of hydrogen-bond donors (Lipinski definition) is 1. The fraction of sp³-hybridized carbons (Fsp3) is 0.312. The van der Waals surface area contributed by atoms with E-state index >= 15 is 0 Å². The number of rotatable bonds is 6. The quantitative estimate of drug-likeness (QED) is 0.829. The van der Waals surface area contributed by atoms with Gasteiger partial charge in [0.1, 0.15) is 0 Å². The Bertz CT molecular complexity index is 647. The molecule has 0 atom stereocenters. The van der Waals surface area contributed by atoms with Crippen molar-refractivity contribution in [2.75, 3.05) is 5.32 Å². The molecule has 1 aliphatic carbocycles. The molecule has 21 heavy (non-hydrogen) atoms. The third-order valence-electron chi connectivity index (χ3n) is 3.44. The molecule has 1 aromatic carbocycles. The lowest BCUT2D eigenvalue weighted by atomic mass is 10.1. The van der Waals surface area contributed by atoms with Crippen molar-refractivity contribution < 1.29 is 9.59 Å². The number of thiazole rings is 1. The van der Waals surface area contributed by atoms with Gasteiger partial charge >= 0.3 is 0 Å². The van der Waals surface area contributed by atoms with Gasteiger partial charge in [-0.1, -0.05) is 30.3 Å². The van der Waals surface area contributed by atoms with Crippen LogP contribution in [0.1, 0.15) is 47.7 Å². The highest BCUT2D eigenvalue weighted by molar-refractivity contribution is 7.13. The van der Waals surface area contributed by atoms with Crippen LogP contribution in [0.4, 0.5) is 5.13 Å². The summed E-state index contributed by atoms with van der Waals surface area (Å²) in [4.78, 5) is 28.2. The van der Waals surface area contributed by atoms with Crippen LogP contribution in [0.15, 0.2) is 35.7 Å². The molecule has 4 nitrogen and oxygen atoms in total. The molecule has 0 radical (unpaired) electrons. The van der Waals surface area contributed by atoms with Crippen molar-refractivity contribution in [1.82, 2.24) is 4.98 Å². The summed E-state index contributed by atoms with van der Waals surface area (Å²) in [5.41, 5.74) is 1.73. The minimum atomic E-state index is -0.157. The van der Waals surface area contributed by atoms with E-state index in [4.69, 9.17) is 0 Å². The van der Waals surface area contributed by atoms with E-state index in [1.54, 1.807) is 12.1 Å². The summed E-state index contributed by atoms with van der Waals surface area (Å²) >= 11 is 1.45. The van der Waals surface area contributed by atoms with E-state index in [1.165, 1.54) is 24.2 Å². The zero-order valence-electron chi connectivity index (χ0n) is 11.5. The van der Waals surface area contributed by atoms with Crippen LogP contribution in [0.25, 0.3) is 0 Å². The number of amides is 1. The third kappa shape index (κ3) is 3.76. The van der Waals surface area contributed by atoms with Crippen LogP contribution >= 0.6 is 11.3 Å². The Morgan fingerprint density at radius 3 is 2.67 bits per heavy atom. The van der Waals surface area contributed by atoms with Crippen LogP contribution in [-0.2, 0) is 4.79 Å². The average Bonchev–Trinajstić information content (AvgIpc) is 3.26. The van der Waals surface area contributed by atoms with Gasteiger partial charge in [-0.25, -0.2) is 4.98 Å². The summed E-state index contributed by atoms with van der Waals surface area (Å²) in [5, 5.41) is 5.40. The molecular weight excluding hydrogens is 284 g/mol. The average molecular weight is 300 g/mol. The van der Waals surface area contributed by atoms with Gasteiger partial charge in [0.15, 0.2) is 10.9 Å². The monoisotopic (exact) mass is 300 g/mol. The SMILES string of the molecule is O=C(CCC(=O)c1ccccc1)Nc1nc(C2CC2)cs1. The first-order valence-corrected chi connectivity index (χ1v) is 7.94. The van der Waals surface area contributed by atoms with Gasteiger partial charge in [-0.3, -0.25) is 9.59 Å². The van der Waals surface area contributed by atoms with Gasteiger partial charge in [-0.15, -0.1) is 11.3 Å². The summed E-state index contributed by atoms with van der Waals surface area (Å²) in [5.74, 6) is 0.422. The molecule has 1 saturated carbocycles. The lowest BCUT2D eigenvalue weighted by molar-refractivity contribution is -0.116. The van der Waals surface area contributed by atoms with Gasteiger partial charge in [0.05, 0.1) is 5.69 Å². The first-order valence-electron chi connectivity index (χ1n) is 7.06. The Kier molecular flexibility index (Phi) is 4.10. The number of aromatic nitrogens is 1. The largest absolute Gasteiger partial charge is 0.302 e. The molecule has 1 amide bonds. The molecule has 0 saturated heterocycles. The van der Waals surface area contributed by atoms with Crippen LogP contribution in [0.2, 0.25) is 0 Å². The normalized spacial score (nSPS) is 13.9. The Hall–Kier alpha value is -2.01. The Morgan fingerprint density at radius 2 is 1.95 bits per heavy atom. The molecule has 2 aromatic rings. The Morgan fingerprint density at radius 1 is 1.19 bits per heavy atom. The van der Waals surface area contributed by atoms with Crippen molar-refractivity contribution >= 4 is 28.2 Å². The number of carbonyl (C=O) groups excluding carboxylic acids is 2. The molecule has 108 valence electrons. The van der Waals surface area contributed by atoms with Crippen LogP contribution in [-0.4, -0.2) is 16.7 Å².